The molecule has 2 aromatic rings. The van der Waals surface area contributed by atoms with E-state index in [1.165, 1.54) is 16.7 Å². The van der Waals surface area contributed by atoms with Crippen LogP contribution < -0.4 is 5.32 Å². The van der Waals surface area contributed by atoms with Crippen LogP contribution in [-0.2, 0) is 10.2 Å². The molecule has 3 rings (SSSR count). The van der Waals surface area contributed by atoms with Gasteiger partial charge in [-0.25, -0.2) is 0 Å². The lowest BCUT2D eigenvalue weighted by molar-refractivity contribution is -0.0840. The van der Waals surface area contributed by atoms with E-state index in [1.54, 1.807) is 0 Å². The molecule has 2 nitrogen and oxygen atoms in total. The van der Waals surface area contributed by atoms with Gasteiger partial charge in [-0.15, -0.1) is 0 Å². The molecule has 1 N–H and O–H groups in total. The maximum atomic E-state index is 6.04. The second-order valence-electron chi connectivity index (χ2n) is 8.52. The average Bonchev–Trinajstić information content (AvgIpc) is 2.62. The van der Waals surface area contributed by atoms with Gasteiger partial charge in [-0.1, -0.05) is 60.2 Å². The second kappa shape index (κ2) is 7.94. The van der Waals surface area contributed by atoms with Crippen molar-refractivity contribution in [2.24, 2.45) is 0 Å². The van der Waals surface area contributed by atoms with Crippen LogP contribution in [-0.4, -0.2) is 18.8 Å². The van der Waals surface area contributed by atoms with Crippen LogP contribution in [0.25, 0.3) is 0 Å². The van der Waals surface area contributed by atoms with Crippen LogP contribution >= 0.6 is 0 Å². The molecule has 1 aliphatic heterocycles. The molecule has 0 aliphatic carbocycles. The number of nitrogens with one attached hydrogen (secondary N) is 1. The minimum Gasteiger partial charge on any atom is -0.376 e. The Labute approximate surface area is 159 Å². The van der Waals surface area contributed by atoms with E-state index >= 15 is 0 Å². The SMILES string of the molecule is Cc1ccc(C2(CCNC(C)c3ccccc3)CCOC(C)(C)C2)cc1. The summed E-state index contributed by atoms with van der Waals surface area (Å²) in [5.74, 6) is 0. The lowest BCUT2D eigenvalue weighted by Crippen LogP contribution is -2.45. The van der Waals surface area contributed by atoms with Crippen molar-refractivity contribution in [1.29, 1.82) is 0 Å². The normalized spacial score (nSPS) is 23.5. The predicted molar refractivity (Wildman–Crippen MR) is 110 cm³/mol. The second-order valence-corrected chi connectivity index (χ2v) is 8.52. The highest BCUT2D eigenvalue weighted by Crippen LogP contribution is 2.44. The van der Waals surface area contributed by atoms with Gasteiger partial charge in [-0.2, -0.15) is 0 Å². The number of benzene rings is 2. The fourth-order valence-corrected chi connectivity index (χ4v) is 4.38. The topological polar surface area (TPSA) is 21.3 Å². The molecule has 1 heterocycles. The molecule has 26 heavy (non-hydrogen) atoms. The van der Waals surface area contributed by atoms with E-state index in [-0.39, 0.29) is 11.0 Å². The van der Waals surface area contributed by atoms with Crippen LogP contribution in [0.1, 0.15) is 62.8 Å². The van der Waals surface area contributed by atoms with Crippen LogP contribution in [0.5, 0.6) is 0 Å². The first kappa shape index (κ1) is 19.1. The summed E-state index contributed by atoms with van der Waals surface area (Å²) in [4.78, 5) is 0. The number of ether oxygens (including phenoxy) is 1. The summed E-state index contributed by atoms with van der Waals surface area (Å²) in [6.07, 6.45) is 3.31. The van der Waals surface area contributed by atoms with Crippen molar-refractivity contribution in [3.63, 3.8) is 0 Å². The summed E-state index contributed by atoms with van der Waals surface area (Å²) < 4.78 is 6.04. The Morgan fingerprint density at radius 1 is 1.04 bits per heavy atom. The highest BCUT2D eigenvalue weighted by atomic mass is 16.5. The molecule has 1 aliphatic rings. The lowest BCUT2D eigenvalue weighted by Gasteiger charge is -2.46. The molecule has 2 atom stereocenters. The Morgan fingerprint density at radius 3 is 2.38 bits per heavy atom. The summed E-state index contributed by atoms with van der Waals surface area (Å²) in [6, 6.07) is 20.2. The molecule has 0 bridgehead atoms. The molecule has 2 aromatic carbocycles. The van der Waals surface area contributed by atoms with Crippen molar-refractivity contribution in [2.45, 2.75) is 64.0 Å². The van der Waals surface area contributed by atoms with Gasteiger partial charge in [-0.3, -0.25) is 0 Å². The zero-order valence-corrected chi connectivity index (χ0v) is 16.7. The van der Waals surface area contributed by atoms with Crippen molar-refractivity contribution >= 4 is 0 Å². The minimum absolute atomic E-state index is 0.0613. The van der Waals surface area contributed by atoms with Crippen molar-refractivity contribution in [1.82, 2.24) is 5.32 Å². The molecular weight excluding hydrogens is 318 g/mol. The Hall–Kier alpha value is -1.64. The molecule has 0 saturated carbocycles. The van der Waals surface area contributed by atoms with Crippen molar-refractivity contribution < 1.29 is 4.74 Å². The van der Waals surface area contributed by atoms with Gasteiger partial charge in [0.1, 0.15) is 0 Å². The van der Waals surface area contributed by atoms with Gasteiger partial charge in [0.25, 0.3) is 0 Å². The number of hydrogen-bond donors (Lipinski definition) is 1. The quantitative estimate of drug-likeness (QED) is 0.735. The third kappa shape index (κ3) is 4.55. The van der Waals surface area contributed by atoms with E-state index in [0.29, 0.717) is 6.04 Å². The Morgan fingerprint density at radius 2 is 1.73 bits per heavy atom. The van der Waals surface area contributed by atoms with Crippen molar-refractivity contribution in [3.05, 3.63) is 71.3 Å². The van der Waals surface area contributed by atoms with E-state index in [4.69, 9.17) is 4.74 Å². The minimum atomic E-state index is -0.0613. The zero-order chi connectivity index (χ0) is 18.6. The summed E-state index contributed by atoms with van der Waals surface area (Å²) >= 11 is 0. The van der Waals surface area contributed by atoms with E-state index in [2.05, 4.69) is 87.6 Å². The molecule has 0 spiro atoms. The molecule has 0 radical (unpaired) electrons. The van der Waals surface area contributed by atoms with Crippen LogP contribution in [0.15, 0.2) is 54.6 Å². The van der Waals surface area contributed by atoms with E-state index < -0.39 is 0 Å². The van der Waals surface area contributed by atoms with Crippen LogP contribution in [0.2, 0.25) is 0 Å². The maximum Gasteiger partial charge on any atom is 0.0635 e. The molecule has 1 saturated heterocycles. The summed E-state index contributed by atoms with van der Waals surface area (Å²) in [7, 11) is 0. The van der Waals surface area contributed by atoms with Gasteiger partial charge in [0.05, 0.1) is 5.60 Å². The Balaban J connectivity index is 1.73. The van der Waals surface area contributed by atoms with Crippen LogP contribution in [0, 0.1) is 6.92 Å². The summed E-state index contributed by atoms with van der Waals surface area (Å²) in [6.45, 7) is 10.7. The van der Waals surface area contributed by atoms with Gasteiger partial charge in [0.2, 0.25) is 0 Å². The summed E-state index contributed by atoms with van der Waals surface area (Å²) in [5, 5.41) is 3.74. The highest BCUT2D eigenvalue weighted by molar-refractivity contribution is 5.30. The van der Waals surface area contributed by atoms with Gasteiger partial charge in [0.15, 0.2) is 0 Å². The van der Waals surface area contributed by atoms with Gasteiger partial charge in [0, 0.05) is 18.1 Å². The predicted octanol–water partition coefficient (Wildman–Crippen LogP) is 5.56. The van der Waals surface area contributed by atoms with Crippen molar-refractivity contribution in [3.8, 4) is 0 Å². The monoisotopic (exact) mass is 351 g/mol. The molecular formula is C24H33NO. The van der Waals surface area contributed by atoms with E-state index in [0.717, 1.165) is 32.4 Å². The highest BCUT2D eigenvalue weighted by Gasteiger charge is 2.41. The zero-order valence-electron chi connectivity index (χ0n) is 16.7. The fourth-order valence-electron chi connectivity index (χ4n) is 4.38. The van der Waals surface area contributed by atoms with Gasteiger partial charge >= 0.3 is 0 Å². The third-order valence-electron chi connectivity index (χ3n) is 5.86. The standard InChI is InChI=1S/C24H33NO/c1-19-10-12-22(13-11-19)24(15-17-26-23(3,4)18-24)14-16-25-20(2)21-8-6-5-7-9-21/h5-13,20,25H,14-18H2,1-4H3. The lowest BCUT2D eigenvalue weighted by atomic mass is 9.67. The number of aryl methyl sites for hydroxylation is 1. The maximum absolute atomic E-state index is 6.04. The average molecular weight is 352 g/mol. The smallest absolute Gasteiger partial charge is 0.0635 e. The first-order valence-electron chi connectivity index (χ1n) is 9.90. The first-order valence-corrected chi connectivity index (χ1v) is 9.90. The van der Waals surface area contributed by atoms with E-state index in [1.807, 2.05) is 0 Å². The number of rotatable bonds is 6. The molecule has 1 fully saturated rings. The molecule has 2 unspecified atom stereocenters. The first-order chi connectivity index (χ1) is 12.4. The van der Waals surface area contributed by atoms with Crippen LogP contribution in [0.3, 0.4) is 0 Å². The Bertz CT molecular complexity index is 692. The fraction of sp³-hybridized carbons (Fsp3) is 0.500. The number of hydrogen-bond acceptors (Lipinski definition) is 2. The van der Waals surface area contributed by atoms with Crippen molar-refractivity contribution in [2.75, 3.05) is 13.2 Å². The van der Waals surface area contributed by atoms with E-state index in [9.17, 15) is 0 Å². The Kier molecular flexibility index (Phi) is 5.84. The third-order valence-corrected chi connectivity index (χ3v) is 5.86. The molecule has 2 heteroatoms. The molecule has 140 valence electrons. The largest absolute Gasteiger partial charge is 0.376 e. The van der Waals surface area contributed by atoms with Crippen LogP contribution in [0.4, 0.5) is 0 Å². The van der Waals surface area contributed by atoms with Gasteiger partial charge < -0.3 is 10.1 Å². The molecule has 0 amide bonds. The van der Waals surface area contributed by atoms with Gasteiger partial charge in [-0.05, 0) is 64.6 Å². The molecule has 0 aromatic heterocycles. The summed E-state index contributed by atoms with van der Waals surface area (Å²) in [5.41, 5.74) is 4.27.